The Labute approximate surface area is 240 Å². The molecule has 2 aromatic rings. The first-order valence-electron chi connectivity index (χ1n) is 13.5. The quantitative estimate of drug-likeness (QED) is 0.468. The Morgan fingerprint density at radius 2 is 1.83 bits per heavy atom. The molecule has 3 aliphatic rings. The van der Waals surface area contributed by atoms with Gasteiger partial charge in [-0.15, -0.1) is 0 Å². The molecule has 0 bridgehead atoms. The summed E-state index contributed by atoms with van der Waals surface area (Å²) in [5.41, 5.74) is -0.610. The van der Waals surface area contributed by atoms with Crippen molar-refractivity contribution in [1.29, 1.82) is 0 Å². The second kappa shape index (κ2) is 11.0. The summed E-state index contributed by atoms with van der Waals surface area (Å²) < 4.78 is 80.8. The predicted molar refractivity (Wildman–Crippen MR) is 146 cm³/mol. The number of aryl methyl sites for hydroxylation is 2. The number of piperidine rings is 1. The third-order valence-corrected chi connectivity index (χ3v) is 10.1. The highest BCUT2D eigenvalue weighted by Gasteiger charge is 2.48. The van der Waals surface area contributed by atoms with Crippen LogP contribution in [0.4, 0.5) is 23.2 Å². The number of halogens is 4. The molecule has 2 saturated heterocycles. The van der Waals surface area contributed by atoms with Crippen LogP contribution in [-0.2, 0) is 32.2 Å². The molecule has 0 radical (unpaired) electrons. The zero-order valence-corrected chi connectivity index (χ0v) is 23.6. The van der Waals surface area contributed by atoms with Gasteiger partial charge in [0.1, 0.15) is 17.2 Å². The number of carbonyl (C=O) groups excluding carboxylic acids is 2. The topological polar surface area (TPSA) is 119 Å². The second-order valence-corrected chi connectivity index (χ2v) is 12.9. The number of nitrogens with one attached hydrogen (secondary N) is 1. The average Bonchev–Trinajstić information content (AvgIpc) is 3.46. The summed E-state index contributed by atoms with van der Waals surface area (Å²) in [6.45, 7) is 1.70. The third kappa shape index (κ3) is 5.66. The summed E-state index contributed by atoms with van der Waals surface area (Å²) in [5.74, 6) is -2.33. The van der Waals surface area contributed by atoms with E-state index < -0.39 is 39.0 Å². The summed E-state index contributed by atoms with van der Waals surface area (Å²) >= 11 is 0. The van der Waals surface area contributed by atoms with Crippen LogP contribution in [0.15, 0.2) is 41.4 Å². The van der Waals surface area contributed by atoms with E-state index >= 15 is 0 Å². The number of alkyl halides is 3. The van der Waals surface area contributed by atoms with Gasteiger partial charge in [0.05, 0.1) is 24.0 Å². The highest BCUT2D eigenvalue weighted by molar-refractivity contribution is 7.89. The number of carbonyl (C=O) groups is 2. The number of nitrogens with zero attached hydrogens (tertiary/aromatic N) is 3. The third-order valence-electron chi connectivity index (χ3n) is 8.24. The maximum Gasteiger partial charge on any atom is 0.419 e. The van der Waals surface area contributed by atoms with E-state index in [0.29, 0.717) is 30.7 Å². The molecule has 0 aromatic heterocycles. The number of amidine groups is 1. The zero-order valence-electron chi connectivity index (χ0n) is 22.7. The Morgan fingerprint density at radius 1 is 1.12 bits per heavy atom. The Hall–Kier alpha value is -3.36. The van der Waals surface area contributed by atoms with Gasteiger partial charge in [0.15, 0.2) is 0 Å². The van der Waals surface area contributed by atoms with Crippen LogP contribution in [0.25, 0.3) is 0 Å². The molecule has 9 nitrogen and oxygen atoms in total. The number of benzene rings is 2. The van der Waals surface area contributed by atoms with E-state index in [-0.39, 0.29) is 68.1 Å². The minimum absolute atomic E-state index is 0.00128. The van der Waals surface area contributed by atoms with Crippen molar-refractivity contribution in [2.45, 2.75) is 56.8 Å². The molecule has 1 unspecified atom stereocenters. The largest absolute Gasteiger partial charge is 0.419 e. The number of sulfonamides is 1. The van der Waals surface area contributed by atoms with Crippen LogP contribution in [0.2, 0.25) is 0 Å². The smallest absolute Gasteiger partial charge is 0.394 e. The lowest BCUT2D eigenvalue weighted by molar-refractivity contribution is -0.140. The van der Waals surface area contributed by atoms with Gasteiger partial charge in [-0.05, 0) is 74.1 Å². The van der Waals surface area contributed by atoms with Gasteiger partial charge >= 0.3 is 6.18 Å². The van der Waals surface area contributed by atoms with Crippen molar-refractivity contribution >= 4 is 33.4 Å². The van der Waals surface area contributed by atoms with E-state index in [2.05, 4.69) is 10.3 Å². The molecular weight excluding hydrogens is 580 g/mol. The molecule has 42 heavy (non-hydrogen) atoms. The van der Waals surface area contributed by atoms with Gasteiger partial charge in [-0.25, -0.2) is 17.1 Å². The standard InChI is InChI=1S/C28H30F4N4O5S/c1-17-14-20(36-21(16-37)5-7-24(36)38)4-2-18(17)8-13-42(40,41)35-11-9-27(10-12-35)26(39)33-25(34-27)19-3-6-23(29)22(15-19)28(30,31)32/h2-4,6,14-15,21,37H,5,7-13,16H2,1H3,(H,33,34,39). The van der Waals surface area contributed by atoms with E-state index in [9.17, 15) is 40.7 Å². The number of hydrogen-bond donors (Lipinski definition) is 2. The van der Waals surface area contributed by atoms with Crippen molar-refractivity contribution in [3.05, 3.63) is 64.5 Å². The maximum absolute atomic E-state index is 13.7. The lowest BCUT2D eigenvalue weighted by Gasteiger charge is -2.34. The first kappa shape index (κ1) is 30.1. The first-order chi connectivity index (χ1) is 19.7. The molecule has 5 rings (SSSR count). The van der Waals surface area contributed by atoms with Crippen molar-refractivity contribution in [2.24, 2.45) is 4.99 Å². The first-order valence-corrected chi connectivity index (χ1v) is 15.1. The molecule has 2 fully saturated rings. The van der Waals surface area contributed by atoms with Gasteiger partial charge in [-0.2, -0.15) is 13.2 Å². The maximum atomic E-state index is 13.7. The molecule has 1 atom stereocenters. The molecule has 3 aliphatic heterocycles. The van der Waals surface area contributed by atoms with Gasteiger partial charge in [-0.1, -0.05) is 6.07 Å². The summed E-state index contributed by atoms with van der Waals surface area (Å²) in [6.07, 6.45) is -3.68. The fourth-order valence-electron chi connectivity index (χ4n) is 5.77. The van der Waals surface area contributed by atoms with Crippen LogP contribution in [0.5, 0.6) is 0 Å². The highest BCUT2D eigenvalue weighted by Crippen LogP contribution is 2.35. The second-order valence-electron chi connectivity index (χ2n) is 10.9. The monoisotopic (exact) mass is 610 g/mol. The molecule has 2 N–H and O–H groups in total. The van der Waals surface area contributed by atoms with Crippen LogP contribution in [0.3, 0.4) is 0 Å². The van der Waals surface area contributed by atoms with Crippen molar-refractivity contribution in [1.82, 2.24) is 9.62 Å². The van der Waals surface area contributed by atoms with Crippen molar-refractivity contribution in [2.75, 3.05) is 30.3 Å². The Bertz CT molecular complexity index is 1550. The number of hydrogen-bond acceptors (Lipinski definition) is 6. The van der Waals surface area contributed by atoms with E-state index in [1.54, 1.807) is 17.0 Å². The molecule has 14 heteroatoms. The van der Waals surface area contributed by atoms with E-state index in [4.69, 9.17) is 0 Å². The van der Waals surface area contributed by atoms with Gasteiger partial charge in [0, 0.05) is 30.8 Å². The molecule has 0 aliphatic carbocycles. The SMILES string of the molecule is Cc1cc(N2C(=O)CCC2CO)ccc1CCS(=O)(=O)N1CCC2(CC1)N=C(c1ccc(F)c(C(F)(F)F)c1)NC2=O. The number of anilines is 1. The number of aliphatic hydroxyl groups excluding tert-OH is 1. The van der Waals surface area contributed by atoms with Crippen LogP contribution in [0, 0.1) is 12.7 Å². The number of amides is 2. The molecule has 0 saturated carbocycles. The molecule has 2 aromatic carbocycles. The highest BCUT2D eigenvalue weighted by atomic mass is 32.2. The van der Waals surface area contributed by atoms with Gasteiger partial charge in [0.2, 0.25) is 15.9 Å². The summed E-state index contributed by atoms with van der Waals surface area (Å²) in [7, 11) is -3.71. The van der Waals surface area contributed by atoms with E-state index in [0.717, 1.165) is 17.2 Å². The van der Waals surface area contributed by atoms with Gasteiger partial charge in [0.25, 0.3) is 5.91 Å². The molecular formula is C28H30F4N4O5S. The normalized spacial score (nSPS) is 21.2. The Morgan fingerprint density at radius 3 is 2.48 bits per heavy atom. The van der Waals surface area contributed by atoms with Crippen molar-refractivity contribution in [3.8, 4) is 0 Å². The average molecular weight is 611 g/mol. The molecule has 226 valence electrons. The van der Waals surface area contributed by atoms with Crippen LogP contribution in [0.1, 0.15) is 47.9 Å². The molecule has 2 amide bonds. The lowest BCUT2D eigenvalue weighted by atomic mass is 9.89. The Balaban J connectivity index is 1.24. The van der Waals surface area contributed by atoms with Crippen molar-refractivity contribution in [3.63, 3.8) is 0 Å². The fourth-order valence-corrected chi connectivity index (χ4v) is 7.24. The van der Waals surface area contributed by atoms with E-state index in [1.807, 2.05) is 13.0 Å². The lowest BCUT2D eigenvalue weighted by Crippen LogP contribution is -2.50. The summed E-state index contributed by atoms with van der Waals surface area (Å²) in [6, 6.07) is 7.43. The van der Waals surface area contributed by atoms with Crippen LogP contribution < -0.4 is 10.2 Å². The summed E-state index contributed by atoms with van der Waals surface area (Å²) in [5, 5.41) is 12.1. The number of aliphatic hydroxyl groups is 1. The van der Waals surface area contributed by atoms with Crippen molar-refractivity contribution < 1.29 is 40.7 Å². The number of rotatable bonds is 7. The minimum atomic E-state index is -4.92. The fraction of sp³-hybridized carbons (Fsp3) is 0.464. The molecule has 3 heterocycles. The van der Waals surface area contributed by atoms with Crippen LogP contribution in [-0.4, -0.2) is 72.5 Å². The molecule has 1 spiro atoms. The van der Waals surface area contributed by atoms with E-state index in [1.165, 1.54) is 4.31 Å². The Kier molecular flexibility index (Phi) is 7.92. The number of aliphatic imine (C=N–C) groups is 1. The van der Waals surface area contributed by atoms with Gasteiger partial charge in [-0.3, -0.25) is 14.6 Å². The zero-order chi connectivity index (χ0) is 30.4. The summed E-state index contributed by atoms with van der Waals surface area (Å²) in [4.78, 5) is 31.1. The van der Waals surface area contributed by atoms with Gasteiger partial charge < -0.3 is 15.3 Å². The van der Waals surface area contributed by atoms with Crippen LogP contribution >= 0.6 is 0 Å². The predicted octanol–water partition coefficient (Wildman–Crippen LogP) is 2.92. The minimum Gasteiger partial charge on any atom is -0.394 e.